The number of hydrogen-bond acceptors (Lipinski definition) is 4. The van der Waals surface area contributed by atoms with E-state index in [2.05, 4.69) is 4.99 Å². The fraction of sp³-hybridized carbons (Fsp3) is 0.800. The van der Waals surface area contributed by atoms with E-state index in [1.165, 1.54) is 0 Å². The molecule has 6 N–H and O–H groups in total. The highest BCUT2D eigenvalue weighted by Gasteiger charge is 1.87. The molecule has 7 heteroatoms. The van der Waals surface area contributed by atoms with Crippen molar-refractivity contribution >= 4 is 51.5 Å². The lowest BCUT2D eigenvalue weighted by molar-refractivity contribution is 1.13. The summed E-state index contributed by atoms with van der Waals surface area (Å²) in [5, 5.41) is 0. The summed E-state index contributed by atoms with van der Waals surface area (Å²) in [4.78, 5) is 3.83. The minimum absolute atomic E-state index is 0. The highest BCUT2D eigenvalue weighted by atomic mass is 127. The molecule has 0 spiro atoms. The second-order valence-electron chi connectivity index (χ2n) is 1.74. The molecule has 0 unspecified atom stereocenters. The lowest BCUT2D eigenvalue weighted by Crippen LogP contribution is -2.23. The van der Waals surface area contributed by atoms with Crippen LogP contribution in [0.3, 0.4) is 0 Å². The summed E-state index contributed by atoms with van der Waals surface area (Å²) in [7, 11) is 3.48. The molecule has 0 saturated heterocycles. The predicted molar refractivity (Wildman–Crippen MR) is 70.1 cm³/mol. The van der Waals surface area contributed by atoms with Crippen LogP contribution in [-0.4, -0.2) is 30.6 Å². The van der Waals surface area contributed by atoms with Gasteiger partial charge in [-0.25, -0.2) is 0 Å². The molecule has 0 aliphatic carbocycles. The Kier molecular flexibility index (Phi) is 14.7. The van der Waals surface area contributed by atoms with Crippen molar-refractivity contribution in [3.63, 3.8) is 0 Å². The quantitative estimate of drug-likeness (QED) is 0.214. The van der Waals surface area contributed by atoms with Crippen LogP contribution in [0.25, 0.3) is 0 Å². The van der Waals surface area contributed by atoms with Crippen LogP contribution in [0.2, 0.25) is 0 Å². The molecule has 0 aliphatic heterocycles. The Morgan fingerprint density at radius 1 is 1.17 bits per heavy atom. The van der Waals surface area contributed by atoms with E-state index in [0.29, 0.717) is 6.54 Å². The maximum absolute atomic E-state index is 5.29. The molecular formula is C5H15IN4S2. The number of aliphatic imine (C=N–C) groups is 1. The largest absolute Gasteiger partial charge is 0.370 e. The van der Waals surface area contributed by atoms with E-state index in [9.17, 15) is 0 Å². The van der Waals surface area contributed by atoms with Crippen LogP contribution in [-0.2, 0) is 0 Å². The van der Waals surface area contributed by atoms with Gasteiger partial charge in [-0.2, -0.15) is 0 Å². The molecule has 0 bridgehead atoms. The molecule has 0 rings (SSSR count). The number of nitrogens with zero attached hydrogens (tertiary/aromatic N) is 1. The number of nitrogens with two attached hydrogens (primary N) is 3. The third kappa shape index (κ3) is 13.3. The Bertz CT molecular complexity index is 118. The fourth-order valence-electron chi connectivity index (χ4n) is 0.378. The SMILES string of the molecule is I.NCCSSCCN=C(N)N. The Labute approximate surface area is 97.9 Å². The minimum Gasteiger partial charge on any atom is -0.370 e. The van der Waals surface area contributed by atoms with Crippen molar-refractivity contribution in [2.24, 2.45) is 22.2 Å². The van der Waals surface area contributed by atoms with Crippen LogP contribution in [0.5, 0.6) is 0 Å². The molecule has 0 aromatic rings. The first-order valence-corrected chi connectivity index (χ1v) is 5.76. The van der Waals surface area contributed by atoms with Crippen molar-refractivity contribution in [3.8, 4) is 0 Å². The molecule has 0 aromatic heterocycles. The highest BCUT2D eigenvalue weighted by molar-refractivity contribution is 14.0. The van der Waals surface area contributed by atoms with Crippen molar-refractivity contribution in [3.05, 3.63) is 0 Å². The molecule has 0 aromatic carbocycles. The summed E-state index contributed by atoms with van der Waals surface area (Å²) in [6.07, 6.45) is 0. The Morgan fingerprint density at radius 3 is 2.25 bits per heavy atom. The van der Waals surface area contributed by atoms with Crippen LogP contribution in [0.4, 0.5) is 0 Å². The summed E-state index contributed by atoms with van der Waals surface area (Å²) in [5.74, 6) is 2.07. The van der Waals surface area contributed by atoms with Crippen molar-refractivity contribution in [2.45, 2.75) is 0 Å². The standard InChI is InChI=1S/C5H14N4S2.HI/c6-1-3-10-11-4-2-9-5(7)8;/h1-4,6H2,(H4,7,8,9);1H. The predicted octanol–water partition coefficient (Wildman–Crippen LogP) is 0.218. The van der Waals surface area contributed by atoms with Gasteiger partial charge in [0.1, 0.15) is 0 Å². The third-order valence-electron chi connectivity index (χ3n) is 0.754. The second kappa shape index (κ2) is 11.7. The van der Waals surface area contributed by atoms with Crippen molar-refractivity contribution in [1.29, 1.82) is 0 Å². The van der Waals surface area contributed by atoms with Crippen LogP contribution < -0.4 is 17.2 Å². The summed E-state index contributed by atoms with van der Waals surface area (Å²) in [6, 6.07) is 0. The average molecular weight is 322 g/mol. The number of rotatable bonds is 6. The zero-order valence-corrected chi connectivity index (χ0v) is 10.7. The van der Waals surface area contributed by atoms with Gasteiger partial charge in [-0.1, -0.05) is 21.6 Å². The molecule has 74 valence electrons. The summed E-state index contributed by atoms with van der Waals surface area (Å²) < 4.78 is 0. The van der Waals surface area contributed by atoms with Gasteiger partial charge in [0, 0.05) is 18.1 Å². The van der Waals surface area contributed by atoms with Gasteiger partial charge >= 0.3 is 0 Å². The second-order valence-corrected chi connectivity index (χ2v) is 4.44. The van der Waals surface area contributed by atoms with E-state index in [4.69, 9.17) is 17.2 Å². The first kappa shape index (κ1) is 15.1. The van der Waals surface area contributed by atoms with Gasteiger partial charge in [-0.05, 0) is 0 Å². The molecule has 0 fully saturated rings. The number of hydrogen-bond donors (Lipinski definition) is 3. The first-order valence-electron chi connectivity index (χ1n) is 3.27. The van der Waals surface area contributed by atoms with E-state index in [1.807, 2.05) is 0 Å². The van der Waals surface area contributed by atoms with Gasteiger partial charge in [0.05, 0.1) is 6.54 Å². The van der Waals surface area contributed by atoms with Gasteiger partial charge < -0.3 is 17.2 Å². The zero-order valence-electron chi connectivity index (χ0n) is 6.73. The fourth-order valence-corrected chi connectivity index (χ4v) is 2.10. The van der Waals surface area contributed by atoms with E-state index < -0.39 is 0 Å². The summed E-state index contributed by atoms with van der Waals surface area (Å²) in [5.41, 5.74) is 15.5. The van der Waals surface area contributed by atoms with Crippen molar-refractivity contribution in [2.75, 3.05) is 24.6 Å². The molecule has 0 saturated carbocycles. The molecule has 12 heavy (non-hydrogen) atoms. The maximum Gasteiger partial charge on any atom is 0.185 e. The van der Waals surface area contributed by atoms with E-state index in [0.717, 1.165) is 18.1 Å². The summed E-state index contributed by atoms with van der Waals surface area (Å²) >= 11 is 0. The summed E-state index contributed by atoms with van der Waals surface area (Å²) in [6.45, 7) is 1.41. The Balaban J connectivity index is 0. The van der Waals surface area contributed by atoms with Crippen LogP contribution in [0.1, 0.15) is 0 Å². The van der Waals surface area contributed by atoms with Crippen molar-refractivity contribution in [1.82, 2.24) is 0 Å². The highest BCUT2D eigenvalue weighted by Crippen LogP contribution is 2.19. The Hall–Kier alpha value is 0.660. The Morgan fingerprint density at radius 2 is 1.75 bits per heavy atom. The minimum atomic E-state index is 0. The van der Waals surface area contributed by atoms with Gasteiger partial charge in [-0.15, -0.1) is 24.0 Å². The average Bonchev–Trinajstić information content (AvgIpc) is 1.96. The normalized spacial score (nSPS) is 8.75. The topological polar surface area (TPSA) is 90.4 Å². The third-order valence-corrected chi connectivity index (χ3v) is 3.17. The zero-order chi connectivity index (χ0) is 8.53. The molecule has 0 amide bonds. The molecule has 4 nitrogen and oxygen atoms in total. The van der Waals surface area contributed by atoms with E-state index in [-0.39, 0.29) is 29.9 Å². The van der Waals surface area contributed by atoms with Gasteiger partial charge in [0.15, 0.2) is 5.96 Å². The molecule has 0 atom stereocenters. The molecule has 0 aliphatic rings. The maximum atomic E-state index is 5.29. The van der Waals surface area contributed by atoms with E-state index in [1.54, 1.807) is 21.6 Å². The monoisotopic (exact) mass is 322 g/mol. The van der Waals surface area contributed by atoms with Crippen LogP contribution in [0, 0.1) is 0 Å². The number of halogens is 1. The molecule has 0 radical (unpaired) electrons. The number of guanidine groups is 1. The smallest absolute Gasteiger partial charge is 0.185 e. The van der Waals surface area contributed by atoms with E-state index >= 15 is 0 Å². The lowest BCUT2D eigenvalue weighted by Gasteiger charge is -1.96. The molecule has 0 heterocycles. The van der Waals surface area contributed by atoms with Gasteiger partial charge in [0.25, 0.3) is 0 Å². The lowest BCUT2D eigenvalue weighted by atomic mass is 10.8. The van der Waals surface area contributed by atoms with Crippen LogP contribution >= 0.6 is 45.6 Å². The first-order chi connectivity index (χ1) is 5.27. The van der Waals surface area contributed by atoms with Gasteiger partial charge in [-0.3, -0.25) is 4.99 Å². The van der Waals surface area contributed by atoms with Crippen LogP contribution in [0.15, 0.2) is 4.99 Å². The van der Waals surface area contributed by atoms with Gasteiger partial charge in [0.2, 0.25) is 0 Å². The molecular weight excluding hydrogens is 307 g/mol. The van der Waals surface area contributed by atoms with Crippen molar-refractivity contribution < 1.29 is 0 Å².